The van der Waals surface area contributed by atoms with Crippen LogP contribution in [0.15, 0.2) is 78.9 Å². The van der Waals surface area contributed by atoms with E-state index >= 15 is 0 Å². The van der Waals surface area contributed by atoms with Gasteiger partial charge in [0.2, 0.25) is 0 Å². The summed E-state index contributed by atoms with van der Waals surface area (Å²) < 4.78 is 0. The van der Waals surface area contributed by atoms with Gasteiger partial charge in [-0.1, -0.05) is 73.3 Å². The Bertz CT molecular complexity index is 565. The Labute approximate surface area is 113 Å². The van der Waals surface area contributed by atoms with E-state index in [-0.39, 0.29) is 5.78 Å². The van der Waals surface area contributed by atoms with Crippen molar-refractivity contribution in [1.82, 2.24) is 0 Å². The fraction of sp³-hybridized carbons (Fsp3) is 0.0556. The minimum atomic E-state index is 0.0257. The van der Waals surface area contributed by atoms with E-state index < -0.39 is 0 Å². The topological polar surface area (TPSA) is 17.1 Å². The molecule has 0 amide bonds. The van der Waals surface area contributed by atoms with Crippen molar-refractivity contribution >= 4 is 11.4 Å². The molecule has 0 saturated carbocycles. The first-order valence-electron chi connectivity index (χ1n) is 6.22. The Morgan fingerprint density at radius 1 is 0.895 bits per heavy atom. The van der Waals surface area contributed by atoms with Crippen LogP contribution in [0.25, 0.3) is 5.57 Å². The molecule has 0 aromatic heterocycles. The summed E-state index contributed by atoms with van der Waals surface area (Å²) in [5, 5.41) is 0. The van der Waals surface area contributed by atoms with E-state index in [0.717, 1.165) is 16.7 Å². The Kier molecular flexibility index (Phi) is 4.09. The van der Waals surface area contributed by atoms with Crippen LogP contribution < -0.4 is 0 Å². The molecule has 94 valence electrons. The van der Waals surface area contributed by atoms with Crippen LogP contribution in [0.1, 0.15) is 18.1 Å². The number of benzene rings is 2. The lowest BCUT2D eigenvalue weighted by Gasteiger charge is -2.12. The quantitative estimate of drug-likeness (QED) is 0.583. The first-order valence-corrected chi connectivity index (χ1v) is 6.22. The van der Waals surface area contributed by atoms with Gasteiger partial charge in [-0.2, -0.15) is 0 Å². The second-order valence-corrected chi connectivity index (χ2v) is 4.28. The molecule has 0 aliphatic carbocycles. The van der Waals surface area contributed by atoms with E-state index in [1.54, 1.807) is 13.0 Å². The Morgan fingerprint density at radius 2 is 1.32 bits per heavy atom. The van der Waals surface area contributed by atoms with Crippen molar-refractivity contribution in [3.63, 3.8) is 0 Å². The molecule has 0 fully saturated rings. The van der Waals surface area contributed by atoms with Crippen molar-refractivity contribution in [1.29, 1.82) is 0 Å². The summed E-state index contributed by atoms with van der Waals surface area (Å²) >= 11 is 0. The number of hydrogen-bond acceptors (Lipinski definition) is 1. The summed E-state index contributed by atoms with van der Waals surface area (Å²) in [5.41, 5.74) is 3.64. The molecule has 1 heteroatoms. The number of ketones is 1. The minimum Gasteiger partial charge on any atom is -0.294 e. The second kappa shape index (κ2) is 5.96. The van der Waals surface area contributed by atoms with Gasteiger partial charge >= 0.3 is 0 Å². The van der Waals surface area contributed by atoms with Gasteiger partial charge in [-0.05, 0) is 23.6 Å². The highest BCUT2D eigenvalue weighted by Gasteiger charge is 2.12. The number of hydrogen-bond donors (Lipinski definition) is 0. The maximum atomic E-state index is 11.8. The summed E-state index contributed by atoms with van der Waals surface area (Å²) in [4.78, 5) is 11.8. The van der Waals surface area contributed by atoms with Crippen molar-refractivity contribution in [3.05, 3.63) is 90.0 Å². The average molecular weight is 248 g/mol. The fourth-order valence-electron chi connectivity index (χ4n) is 2.11. The maximum absolute atomic E-state index is 11.8. The predicted molar refractivity (Wildman–Crippen MR) is 79.8 cm³/mol. The third-order valence-electron chi connectivity index (χ3n) is 2.98. The van der Waals surface area contributed by atoms with Gasteiger partial charge in [0.05, 0.1) is 0 Å². The summed E-state index contributed by atoms with van der Waals surface area (Å²) in [6, 6.07) is 19.9. The number of rotatable bonds is 4. The molecular formula is C18H16O. The standard InChI is InChI=1S/C18H16O/c1-3-17(14(2)19)18(15-10-6-4-7-11-15)16-12-8-5-9-13-16/h3-13H,1H2,2H3. The van der Waals surface area contributed by atoms with Crippen LogP contribution >= 0.6 is 0 Å². The lowest BCUT2D eigenvalue weighted by molar-refractivity contribution is -0.113. The van der Waals surface area contributed by atoms with Gasteiger partial charge in [-0.3, -0.25) is 4.79 Å². The van der Waals surface area contributed by atoms with Crippen LogP contribution in [-0.2, 0) is 4.79 Å². The number of allylic oxidation sites excluding steroid dienone is 2. The Balaban J connectivity index is 2.71. The summed E-state index contributed by atoms with van der Waals surface area (Å²) in [6.07, 6.45) is 1.64. The zero-order valence-electron chi connectivity index (χ0n) is 11.0. The van der Waals surface area contributed by atoms with Crippen LogP contribution in [0, 0.1) is 0 Å². The third-order valence-corrected chi connectivity index (χ3v) is 2.98. The largest absolute Gasteiger partial charge is 0.294 e. The number of carbonyl (C=O) groups is 1. The predicted octanol–water partition coefficient (Wildman–Crippen LogP) is 4.26. The third kappa shape index (κ3) is 2.89. The smallest absolute Gasteiger partial charge is 0.160 e. The molecule has 2 rings (SSSR count). The number of Topliss-reactive ketones (excluding diaryl/α,β-unsaturated/α-hetero) is 1. The Hall–Kier alpha value is -2.41. The normalized spacial score (nSPS) is 9.74. The monoisotopic (exact) mass is 248 g/mol. The molecule has 1 nitrogen and oxygen atoms in total. The van der Waals surface area contributed by atoms with Crippen LogP contribution in [0.2, 0.25) is 0 Å². The van der Waals surface area contributed by atoms with Gasteiger partial charge in [0.1, 0.15) is 0 Å². The highest BCUT2D eigenvalue weighted by Crippen LogP contribution is 2.27. The molecular weight excluding hydrogens is 232 g/mol. The van der Waals surface area contributed by atoms with E-state index in [0.29, 0.717) is 5.57 Å². The molecule has 0 spiro atoms. The highest BCUT2D eigenvalue weighted by molar-refractivity contribution is 6.06. The maximum Gasteiger partial charge on any atom is 0.160 e. The summed E-state index contributed by atoms with van der Waals surface area (Å²) in [5.74, 6) is 0.0257. The molecule has 0 radical (unpaired) electrons. The van der Waals surface area contributed by atoms with Gasteiger partial charge in [0.25, 0.3) is 0 Å². The summed E-state index contributed by atoms with van der Waals surface area (Å²) in [7, 11) is 0. The van der Waals surface area contributed by atoms with Crippen molar-refractivity contribution in [3.8, 4) is 0 Å². The molecule has 0 unspecified atom stereocenters. The molecule has 0 atom stereocenters. The highest BCUT2D eigenvalue weighted by atomic mass is 16.1. The molecule has 0 heterocycles. The molecule has 0 bridgehead atoms. The van der Waals surface area contributed by atoms with Crippen LogP contribution in [0.3, 0.4) is 0 Å². The van der Waals surface area contributed by atoms with Gasteiger partial charge in [0, 0.05) is 5.57 Å². The van der Waals surface area contributed by atoms with E-state index in [1.807, 2.05) is 60.7 Å². The molecule has 0 aliphatic rings. The van der Waals surface area contributed by atoms with E-state index in [2.05, 4.69) is 6.58 Å². The molecule has 0 N–H and O–H groups in total. The van der Waals surface area contributed by atoms with Crippen molar-refractivity contribution in [2.75, 3.05) is 0 Å². The average Bonchev–Trinajstić information content (AvgIpc) is 2.46. The second-order valence-electron chi connectivity index (χ2n) is 4.28. The first kappa shape index (κ1) is 13.0. The zero-order valence-corrected chi connectivity index (χ0v) is 11.0. The van der Waals surface area contributed by atoms with Gasteiger partial charge in [0.15, 0.2) is 5.78 Å². The van der Waals surface area contributed by atoms with Crippen molar-refractivity contribution < 1.29 is 4.79 Å². The van der Waals surface area contributed by atoms with E-state index in [1.165, 1.54) is 0 Å². The van der Waals surface area contributed by atoms with Crippen molar-refractivity contribution in [2.45, 2.75) is 6.92 Å². The number of carbonyl (C=O) groups excluding carboxylic acids is 1. The lowest BCUT2D eigenvalue weighted by atomic mass is 9.91. The van der Waals surface area contributed by atoms with Gasteiger partial charge < -0.3 is 0 Å². The molecule has 0 saturated heterocycles. The molecule has 0 aliphatic heterocycles. The van der Waals surface area contributed by atoms with Gasteiger partial charge in [-0.15, -0.1) is 0 Å². The van der Waals surface area contributed by atoms with Crippen LogP contribution in [0.5, 0.6) is 0 Å². The molecule has 2 aromatic carbocycles. The van der Waals surface area contributed by atoms with Crippen LogP contribution in [0.4, 0.5) is 0 Å². The van der Waals surface area contributed by atoms with Crippen LogP contribution in [-0.4, -0.2) is 5.78 Å². The fourth-order valence-corrected chi connectivity index (χ4v) is 2.11. The lowest BCUT2D eigenvalue weighted by Crippen LogP contribution is -2.00. The SMILES string of the molecule is C=CC(C(C)=O)=C(c1ccccc1)c1ccccc1. The van der Waals surface area contributed by atoms with Crippen molar-refractivity contribution in [2.24, 2.45) is 0 Å². The zero-order chi connectivity index (χ0) is 13.7. The van der Waals surface area contributed by atoms with E-state index in [9.17, 15) is 4.79 Å². The molecule has 19 heavy (non-hydrogen) atoms. The molecule has 2 aromatic rings. The minimum absolute atomic E-state index is 0.0257. The summed E-state index contributed by atoms with van der Waals surface area (Å²) in [6.45, 7) is 5.35. The Morgan fingerprint density at radius 3 is 1.63 bits per heavy atom. The van der Waals surface area contributed by atoms with Gasteiger partial charge in [-0.25, -0.2) is 0 Å². The first-order chi connectivity index (χ1) is 9.24. The van der Waals surface area contributed by atoms with E-state index in [4.69, 9.17) is 0 Å².